The molecule has 3 heterocycles. The molecule has 0 saturated carbocycles. The van der Waals surface area contributed by atoms with Crippen LogP contribution >= 0.6 is 0 Å². The third-order valence-corrected chi connectivity index (χ3v) is 11.0. The van der Waals surface area contributed by atoms with E-state index < -0.39 is 59.6 Å². The van der Waals surface area contributed by atoms with Gasteiger partial charge in [-0.25, -0.2) is 4.79 Å². The second-order valence-corrected chi connectivity index (χ2v) is 16.0. The van der Waals surface area contributed by atoms with Gasteiger partial charge in [0.25, 0.3) is 11.7 Å². The van der Waals surface area contributed by atoms with Gasteiger partial charge >= 0.3 is 5.97 Å². The predicted octanol–water partition coefficient (Wildman–Crippen LogP) is 6.38. The number of ether oxygens (including phenoxy) is 2. The number of allylic oxidation sites excluding steroid dienone is 7. The Bertz CT molecular complexity index is 1410. The number of Topliss-reactive ketones (excluding diaryl/α,β-unsaturated/α-hetero) is 3. The maximum atomic E-state index is 13.8. The molecule has 0 unspecified atom stereocenters. The highest BCUT2D eigenvalue weighted by Crippen LogP contribution is 2.36. The number of carbonyl (C=O) groups is 5. The number of fused-ring (bicyclic) bond motifs is 3. The molecule has 2 saturated heterocycles. The van der Waals surface area contributed by atoms with E-state index in [1.165, 1.54) is 4.90 Å². The van der Waals surface area contributed by atoms with Crippen molar-refractivity contribution >= 4 is 29.2 Å². The summed E-state index contributed by atoms with van der Waals surface area (Å²) in [5.41, 5.74) is 1.61. The number of hydrogen-bond acceptors (Lipinski definition) is 9. The molecule has 10 nitrogen and oxygen atoms in total. The fourth-order valence-corrected chi connectivity index (χ4v) is 7.20. The first kappa shape index (κ1) is 43.2. The highest BCUT2D eigenvalue weighted by Gasteiger charge is 2.52. The topological polar surface area (TPSA) is 148 Å². The Morgan fingerprint density at radius 1 is 0.885 bits per heavy atom. The summed E-state index contributed by atoms with van der Waals surface area (Å²) in [6.07, 6.45) is 13.7. The van der Waals surface area contributed by atoms with Gasteiger partial charge in [0.15, 0.2) is 0 Å². The molecule has 10 heteroatoms. The van der Waals surface area contributed by atoms with Crippen LogP contribution in [0, 0.1) is 29.6 Å². The number of hydrogen-bond donors (Lipinski definition) is 2. The number of carbonyl (C=O) groups excluding carboxylic acids is 5. The molecule has 290 valence electrons. The molecule has 3 rings (SSSR count). The van der Waals surface area contributed by atoms with E-state index >= 15 is 0 Å². The van der Waals surface area contributed by atoms with Crippen LogP contribution in [0.4, 0.5) is 0 Å². The van der Waals surface area contributed by atoms with Crippen molar-refractivity contribution in [1.82, 2.24) is 4.90 Å². The average Bonchev–Trinajstić information content (AvgIpc) is 3.10. The van der Waals surface area contributed by atoms with Gasteiger partial charge in [0.05, 0.1) is 12.2 Å². The van der Waals surface area contributed by atoms with E-state index in [-0.39, 0.29) is 55.1 Å². The molecule has 0 spiro atoms. The van der Waals surface area contributed by atoms with Crippen LogP contribution in [0.25, 0.3) is 0 Å². The molecule has 9 atom stereocenters. The Balaban J connectivity index is 1.90. The quantitative estimate of drug-likeness (QED) is 0.178. The zero-order chi connectivity index (χ0) is 38.7. The van der Waals surface area contributed by atoms with E-state index in [2.05, 4.69) is 0 Å². The highest BCUT2D eigenvalue weighted by molar-refractivity contribution is 6.39. The summed E-state index contributed by atoms with van der Waals surface area (Å²) in [7, 11) is 0. The van der Waals surface area contributed by atoms with Gasteiger partial charge in [0.1, 0.15) is 23.7 Å². The van der Waals surface area contributed by atoms with Crippen molar-refractivity contribution in [3.8, 4) is 0 Å². The summed E-state index contributed by atoms with van der Waals surface area (Å²) in [6, 6.07) is -1.04. The monoisotopic (exact) mass is 725 g/mol. The minimum atomic E-state index is -2.31. The lowest BCUT2D eigenvalue weighted by Crippen LogP contribution is -2.60. The zero-order valence-electron chi connectivity index (χ0n) is 32.6. The molecular weight excluding hydrogens is 662 g/mol. The van der Waals surface area contributed by atoms with Crippen LogP contribution in [0.3, 0.4) is 0 Å². The van der Waals surface area contributed by atoms with E-state index in [1.807, 2.05) is 65.0 Å². The SMILES string of the molecule is C\C1=C/C=C/C=C/[C@@H](C)C[C@@H](C)C(=O)C[C@H](O)/C(C)=C/[C@@H](C)C(=O)C[C@@H](C(C)C)OC(=O)[C@@H]2CCCCN2C(=O)C(=O)[C@]2(O)O[C@H](CC1)CC[C@H]2C. The Kier molecular flexibility index (Phi) is 16.4. The third kappa shape index (κ3) is 11.9. The summed E-state index contributed by atoms with van der Waals surface area (Å²) < 4.78 is 11.9. The molecule has 3 aliphatic rings. The minimum Gasteiger partial charge on any atom is -0.460 e. The lowest BCUT2D eigenvalue weighted by Gasteiger charge is -2.42. The summed E-state index contributed by atoms with van der Waals surface area (Å²) in [4.78, 5) is 68.8. The van der Waals surface area contributed by atoms with Crippen molar-refractivity contribution in [2.75, 3.05) is 6.54 Å². The summed E-state index contributed by atoms with van der Waals surface area (Å²) in [5, 5.41) is 22.5. The molecule has 1 amide bonds. The molecule has 0 aromatic rings. The van der Waals surface area contributed by atoms with E-state index in [4.69, 9.17) is 9.47 Å². The maximum Gasteiger partial charge on any atom is 0.329 e. The largest absolute Gasteiger partial charge is 0.460 e. The molecule has 2 N–H and O–H groups in total. The number of cyclic esters (lactones) is 1. The first-order valence-electron chi connectivity index (χ1n) is 19.3. The van der Waals surface area contributed by atoms with Gasteiger partial charge in [-0.1, -0.05) is 83.6 Å². The fraction of sp³-hybridized carbons (Fsp3) is 0.690. The van der Waals surface area contributed by atoms with Gasteiger partial charge in [-0.2, -0.15) is 0 Å². The van der Waals surface area contributed by atoms with Crippen LogP contribution in [-0.2, 0) is 33.4 Å². The summed E-state index contributed by atoms with van der Waals surface area (Å²) in [6.45, 7) is 14.8. The van der Waals surface area contributed by atoms with Crippen molar-refractivity contribution in [3.05, 3.63) is 47.6 Å². The number of aliphatic hydroxyl groups is 2. The molecule has 0 aromatic carbocycles. The van der Waals surface area contributed by atoms with Gasteiger partial charge in [-0.15, -0.1) is 0 Å². The van der Waals surface area contributed by atoms with Gasteiger partial charge < -0.3 is 24.6 Å². The number of esters is 1. The molecule has 0 aromatic heterocycles. The third-order valence-electron chi connectivity index (χ3n) is 11.0. The summed E-state index contributed by atoms with van der Waals surface area (Å²) in [5.74, 6) is -6.86. The normalized spacial score (nSPS) is 38.1. The van der Waals surface area contributed by atoms with Gasteiger partial charge in [0, 0.05) is 37.1 Å². The molecular formula is C42H63NO9. The Hall–Kier alpha value is -3.21. The van der Waals surface area contributed by atoms with E-state index in [1.54, 1.807) is 26.8 Å². The molecule has 0 aliphatic carbocycles. The van der Waals surface area contributed by atoms with Crippen LogP contribution in [0.15, 0.2) is 47.6 Å². The Labute approximate surface area is 310 Å². The molecule has 2 bridgehead atoms. The smallest absolute Gasteiger partial charge is 0.329 e. The van der Waals surface area contributed by atoms with Gasteiger partial charge in [0.2, 0.25) is 5.79 Å². The first-order chi connectivity index (χ1) is 24.4. The van der Waals surface area contributed by atoms with Gasteiger partial charge in [-0.3, -0.25) is 19.2 Å². The van der Waals surface area contributed by atoms with Crippen molar-refractivity contribution in [2.45, 2.75) is 150 Å². The van der Waals surface area contributed by atoms with Crippen LogP contribution in [-0.4, -0.2) is 81.0 Å². The van der Waals surface area contributed by atoms with Crippen LogP contribution in [0.1, 0.15) is 120 Å². The maximum absolute atomic E-state index is 13.8. The molecule has 2 fully saturated rings. The number of nitrogens with zero attached hydrogens (tertiary/aromatic N) is 1. The lowest BCUT2D eigenvalue weighted by atomic mass is 9.85. The second-order valence-electron chi connectivity index (χ2n) is 16.0. The fourth-order valence-electron chi connectivity index (χ4n) is 7.20. The standard InChI is InChI=1S/C42H63NO9/c1-26(2)38-25-37(46)31(7)23-30(6)36(45)24-35(44)29(5)22-28(4)15-11-9-10-14-27(3)17-19-33-20-18-32(8)42(50,52-33)39(47)40(48)43-21-13-12-16-34(43)41(49)51-38/h9-11,14-15,23,26,28-29,31-34,36,38,45,50H,12-13,16-22,24-25H2,1-8H3/b10-9+,15-11+,27-14+,30-23+/t28-,29-,31-,32-,33-,34+,36+,38+,42-/m1/s1. The first-order valence-corrected chi connectivity index (χ1v) is 19.3. The molecule has 52 heavy (non-hydrogen) atoms. The number of piperidine rings is 1. The Morgan fingerprint density at radius 2 is 1.60 bits per heavy atom. The number of rotatable bonds is 1. The van der Waals surface area contributed by atoms with E-state index in [0.29, 0.717) is 50.5 Å². The average molecular weight is 726 g/mol. The van der Waals surface area contributed by atoms with Gasteiger partial charge in [-0.05, 0) is 82.6 Å². The predicted molar refractivity (Wildman–Crippen MR) is 200 cm³/mol. The van der Waals surface area contributed by atoms with Crippen molar-refractivity contribution < 1.29 is 43.7 Å². The number of aliphatic hydroxyl groups excluding tert-OH is 1. The zero-order valence-corrected chi connectivity index (χ0v) is 32.6. The number of ketones is 3. The molecule has 0 radical (unpaired) electrons. The minimum absolute atomic E-state index is 0.0433. The van der Waals surface area contributed by atoms with Crippen molar-refractivity contribution in [3.63, 3.8) is 0 Å². The van der Waals surface area contributed by atoms with E-state index in [9.17, 15) is 34.2 Å². The Morgan fingerprint density at radius 3 is 2.29 bits per heavy atom. The van der Waals surface area contributed by atoms with Crippen LogP contribution < -0.4 is 0 Å². The number of amides is 1. The lowest BCUT2D eigenvalue weighted by molar-refractivity contribution is -0.263. The van der Waals surface area contributed by atoms with Crippen molar-refractivity contribution in [1.29, 1.82) is 0 Å². The highest BCUT2D eigenvalue weighted by atomic mass is 16.6. The van der Waals surface area contributed by atoms with Crippen LogP contribution in [0.5, 0.6) is 0 Å². The summed E-state index contributed by atoms with van der Waals surface area (Å²) >= 11 is 0. The van der Waals surface area contributed by atoms with E-state index in [0.717, 1.165) is 5.57 Å². The molecule has 3 aliphatic heterocycles. The van der Waals surface area contributed by atoms with Crippen LogP contribution in [0.2, 0.25) is 0 Å². The van der Waals surface area contributed by atoms with Crippen molar-refractivity contribution in [2.24, 2.45) is 29.6 Å². The second kappa shape index (κ2) is 19.7.